The zero-order valence-corrected chi connectivity index (χ0v) is 42.3. The minimum absolute atomic E-state index is 0.216. The van der Waals surface area contributed by atoms with Gasteiger partial charge in [-0.1, -0.05) is 54.1 Å². The van der Waals surface area contributed by atoms with Crippen LogP contribution in [0.15, 0.2) is 102 Å². The number of anilines is 5. The number of carbonyl (C=O) groups excluding carboxylic acids is 2. The third-order valence-corrected chi connectivity index (χ3v) is 16.2. The summed E-state index contributed by atoms with van der Waals surface area (Å²) in [6.07, 6.45) is 10.1. The van der Waals surface area contributed by atoms with Crippen LogP contribution in [0.3, 0.4) is 0 Å². The number of likely N-dealkylation sites (tertiary alicyclic amines) is 1. The Balaban J connectivity index is 0.808. The van der Waals surface area contributed by atoms with Gasteiger partial charge in [0.2, 0.25) is 17.8 Å². The predicted octanol–water partition coefficient (Wildman–Crippen LogP) is 8.67. The number of hydrogen-bond donors (Lipinski definition) is 3. The first-order valence-electron chi connectivity index (χ1n) is 24.2. The third-order valence-electron chi connectivity index (χ3n) is 14.4. The SMILES string of the molecule is COc1cc(N2CCC(CN3CCC(c4ccc5c(c4)n(C)c(=O)n5C4CCC(=O)NC4=O)CC3)CC2)c(-c2cnn(C)c2)cc1Nc1ncc(Cl)c(Nc2ccc(-c3ccccc3)cc2P(C)(C)=O)n1. The van der Waals surface area contributed by atoms with Gasteiger partial charge >= 0.3 is 5.69 Å². The normalized spacial score (nSPS) is 17.4. The Hall–Kier alpha value is -6.74. The third kappa shape index (κ3) is 9.98. The van der Waals surface area contributed by atoms with E-state index in [0.29, 0.717) is 57.5 Å². The molecule has 71 heavy (non-hydrogen) atoms. The summed E-state index contributed by atoms with van der Waals surface area (Å²) < 4.78 is 24.7. The molecule has 1 atom stereocenters. The molecular weight excluding hydrogens is 937 g/mol. The average molecular weight is 997 g/mol. The van der Waals surface area contributed by atoms with E-state index in [1.54, 1.807) is 47.5 Å². The molecule has 3 saturated heterocycles. The number of fused-ring (bicyclic) bond motifs is 1. The van der Waals surface area contributed by atoms with E-state index in [1.165, 1.54) is 5.56 Å². The number of carbonyl (C=O) groups is 2. The van der Waals surface area contributed by atoms with Crippen molar-refractivity contribution in [3.63, 3.8) is 0 Å². The van der Waals surface area contributed by atoms with Crippen LogP contribution in [0.1, 0.15) is 56.0 Å². The van der Waals surface area contributed by atoms with E-state index in [2.05, 4.69) is 60.1 Å². The summed E-state index contributed by atoms with van der Waals surface area (Å²) in [5.74, 6) is 1.53. The van der Waals surface area contributed by atoms with Gasteiger partial charge in [0, 0.05) is 74.5 Å². The van der Waals surface area contributed by atoms with Gasteiger partial charge in [0.15, 0.2) is 5.82 Å². The van der Waals surface area contributed by atoms with Gasteiger partial charge < -0.3 is 29.7 Å². The highest BCUT2D eigenvalue weighted by atomic mass is 35.5. The Morgan fingerprint density at radius 1 is 0.817 bits per heavy atom. The molecule has 4 aromatic carbocycles. The Bertz CT molecular complexity index is 3260. The lowest BCUT2D eigenvalue weighted by atomic mass is 9.88. The first-order valence-corrected chi connectivity index (χ1v) is 27.2. The number of imide groups is 1. The van der Waals surface area contributed by atoms with Crippen molar-refractivity contribution in [2.75, 3.05) is 68.7 Å². The monoisotopic (exact) mass is 995 g/mol. The lowest BCUT2D eigenvalue weighted by molar-refractivity contribution is -0.135. The molecule has 3 N–H and O–H groups in total. The van der Waals surface area contributed by atoms with Crippen molar-refractivity contribution in [2.24, 2.45) is 20.0 Å². The van der Waals surface area contributed by atoms with Crippen molar-refractivity contribution >= 4 is 75.7 Å². The average Bonchev–Trinajstić information content (AvgIpc) is 3.91. The number of ether oxygens (including phenoxy) is 1. The number of amides is 2. The van der Waals surface area contributed by atoms with Gasteiger partial charge in [0.1, 0.15) is 24.0 Å². The number of hydrogen-bond acceptors (Lipinski definition) is 12. The maximum atomic E-state index is 13.6. The number of piperidine rings is 3. The topological polar surface area (TPSA) is 174 Å². The van der Waals surface area contributed by atoms with Gasteiger partial charge in [-0.15, -0.1) is 0 Å². The van der Waals surface area contributed by atoms with Gasteiger partial charge in [0.05, 0.1) is 41.9 Å². The maximum Gasteiger partial charge on any atom is 0.329 e. The molecular formula is C53H59ClN11O5P. The fourth-order valence-corrected chi connectivity index (χ4v) is 11.9. The highest BCUT2D eigenvalue weighted by Crippen LogP contribution is 2.43. The standard InChI is InChI=1S/C53H59ClN11O5P/c1-61-32-38(29-56-61)39-27-42(58-52-55-30-40(54)50(60-52)57-41-13-11-37(26-48(41)71(4,5)69)34-9-7-6-8-10-34)47(70-3)28-45(39)64-23-17-33(18-24-64)31-63-21-19-35(20-22-63)36-12-14-43-46(25-36)62(2)53(68)65(43)44-15-16-49(66)59-51(44)67/h6-14,25-30,32-33,35,44H,15-24,31H2,1-5H3,(H,59,66,67)(H2,55,57,58,60). The smallest absolute Gasteiger partial charge is 0.329 e. The van der Waals surface area contributed by atoms with Crippen molar-refractivity contribution in [3.8, 4) is 28.0 Å². The summed E-state index contributed by atoms with van der Waals surface area (Å²) in [6, 6.07) is 25.6. The maximum absolute atomic E-state index is 13.6. The zero-order valence-electron chi connectivity index (χ0n) is 40.7. The molecule has 3 fully saturated rings. The van der Waals surface area contributed by atoms with E-state index in [-0.39, 0.29) is 18.0 Å². The minimum Gasteiger partial charge on any atom is -0.494 e. The first-order chi connectivity index (χ1) is 34.2. The van der Waals surface area contributed by atoms with Gasteiger partial charge in [0.25, 0.3) is 0 Å². The predicted molar refractivity (Wildman–Crippen MR) is 282 cm³/mol. The van der Waals surface area contributed by atoms with Gasteiger partial charge in [-0.3, -0.25) is 28.7 Å². The molecule has 16 nitrogen and oxygen atoms in total. The van der Waals surface area contributed by atoms with Crippen molar-refractivity contribution in [1.29, 1.82) is 0 Å². The molecule has 1 unspecified atom stereocenters. The van der Waals surface area contributed by atoms with E-state index in [9.17, 15) is 18.9 Å². The number of nitrogens with zero attached hydrogens (tertiary/aromatic N) is 8. The molecule has 368 valence electrons. The van der Waals surface area contributed by atoms with Gasteiger partial charge in [-0.25, -0.2) is 9.78 Å². The van der Waals surface area contributed by atoms with E-state index < -0.39 is 19.1 Å². The van der Waals surface area contributed by atoms with Crippen LogP contribution in [0.4, 0.5) is 28.8 Å². The van der Waals surface area contributed by atoms with Crippen molar-refractivity contribution < 1.29 is 18.9 Å². The van der Waals surface area contributed by atoms with Crippen LogP contribution in [0.25, 0.3) is 33.3 Å². The molecule has 0 bridgehead atoms. The molecule has 10 rings (SSSR count). The first kappa shape index (κ1) is 47.9. The Morgan fingerprint density at radius 2 is 1.59 bits per heavy atom. The summed E-state index contributed by atoms with van der Waals surface area (Å²) in [5, 5.41) is 14.7. The number of methoxy groups -OCH3 is 1. The van der Waals surface area contributed by atoms with Crippen LogP contribution < -0.4 is 36.6 Å². The van der Waals surface area contributed by atoms with E-state index in [1.807, 2.05) is 74.0 Å². The van der Waals surface area contributed by atoms with Crippen molar-refractivity contribution in [3.05, 3.63) is 119 Å². The summed E-state index contributed by atoms with van der Waals surface area (Å²) in [7, 11) is 2.59. The summed E-state index contributed by atoms with van der Waals surface area (Å²) in [4.78, 5) is 52.3. The summed E-state index contributed by atoms with van der Waals surface area (Å²) in [5.41, 5.74) is 8.88. The molecule has 0 saturated carbocycles. The van der Waals surface area contributed by atoms with E-state index in [0.717, 1.165) is 97.4 Å². The molecule has 3 aliphatic heterocycles. The number of aryl methyl sites for hydroxylation is 2. The van der Waals surface area contributed by atoms with Crippen molar-refractivity contribution in [1.82, 2.24) is 39.1 Å². The van der Waals surface area contributed by atoms with Crippen LogP contribution in [0, 0.1) is 5.92 Å². The second-order valence-electron chi connectivity index (χ2n) is 19.5. The van der Waals surface area contributed by atoms with Crippen LogP contribution in [0.5, 0.6) is 5.75 Å². The largest absolute Gasteiger partial charge is 0.494 e. The number of rotatable bonds is 13. The Kier molecular flexibility index (Phi) is 13.4. The molecule has 6 heterocycles. The van der Waals surface area contributed by atoms with E-state index in [4.69, 9.17) is 21.3 Å². The Labute approximate surface area is 417 Å². The summed E-state index contributed by atoms with van der Waals surface area (Å²) >= 11 is 6.71. The second kappa shape index (κ2) is 19.8. The Morgan fingerprint density at radius 3 is 2.30 bits per heavy atom. The number of aromatic nitrogens is 6. The fraction of sp³-hybridized carbons (Fsp3) is 0.358. The zero-order chi connectivity index (χ0) is 49.6. The van der Waals surface area contributed by atoms with Crippen LogP contribution >= 0.6 is 18.7 Å². The number of nitrogens with one attached hydrogen (secondary N) is 3. The quantitative estimate of drug-likeness (QED) is 0.0743. The molecule has 3 aliphatic rings. The number of benzene rings is 4. The highest BCUT2D eigenvalue weighted by Gasteiger charge is 2.33. The van der Waals surface area contributed by atoms with Crippen LogP contribution in [0.2, 0.25) is 5.02 Å². The second-order valence-corrected chi connectivity index (χ2v) is 23.1. The summed E-state index contributed by atoms with van der Waals surface area (Å²) in [6.45, 7) is 8.37. The molecule has 0 spiro atoms. The fourth-order valence-electron chi connectivity index (χ4n) is 10.6. The lowest BCUT2D eigenvalue weighted by Gasteiger charge is -2.39. The lowest BCUT2D eigenvalue weighted by Crippen LogP contribution is -2.44. The van der Waals surface area contributed by atoms with Gasteiger partial charge in [-0.05, 0) is 117 Å². The molecule has 7 aromatic rings. The molecule has 18 heteroatoms. The molecule has 0 aliphatic carbocycles. The van der Waals surface area contributed by atoms with Crippen molar-refractivity contribution in [2.45, 2.75) is 50.5 Å². The highest BCUT2D eigenvalue weighted by molar-refractivity contribution is 7.70. The van der Waals surface area contributed by atoms with Crippen LogP contribution in [-0.4, -0.2) is 98.8 Å². The van der Waals surface area contributed by atoms with E-state index >= 15 is 0 Å². The molecule has 3 aromatic heterocycles. The van der Waals surface area contributed by atoms with Crippen LogP contribution in [-0.2, 0) is 28.2 Å². The molecule has 0 radical (unpaired) electrons. The number of imidazole rings is 1. The van der Waals surface area contributed by atoms with Gasteiger partial charge in [-0.2, -0.15) is 10.1 Å². The number of halogens is 1. The minimum atomic E-state index is -2.74. The molecule has 2 amide bonds.